The van der Waals surface area contributed by atoms with E-state index in [-0.39, 0.29) is 6.04 Å². The highest BCUT2D eigenvalue weighted by Crippen LogP contribution is 2.18. The second kappa shape index (κ2) is 5.21. The first kappa shape index (κ1) is 12.1. The van der Waals surface area contributed by atoms with E-state index in [1.54, 1.807) is 0 Å². The first-order valence-electron chi connectivity index (χ1n) is 5.25. The average molecular weight is 213 g/mol. The average Bonchev–Trinajstić information content (AvgIpc) is 2.17. The molecule has 0 aliphatic carbocycles. The molecule has 1 N–H and O–H groups in total. The second-order valence-electron chi connectivity index (χ2n) is 3.86. The Hall–Kier alpha value is -0.960. The molecular weight excluding hydrogens is 196 g/mol. The summed E-state index contributed by atoms with van der Waals surface area (Å²) in [6, 6.07) is 3.92. The van der Waals surface area contributed by atoms with Crippen LogP contribution in [0.1, 0.15) is 38.8 Å². The van der Waals surface area contributed by atoms with Gasteiger partial charge in [-0.15, -0.1) is 0 Å². The summed E-state index contributed by atoms with van der Waals surface area (Å²) in [6.07, 6.45) is 0.979. The Bertz CT molecular complexity index is 325. The molecule has 0 bridgehead atoms. The van der Waals surface area contributed by atoms with Crippen LogP contribution in [-0.4, -0.2) is 6.04 Å². The van der Waals surface area contributed by atoms with Crippen LogP contribution in [-0.2, 0) is 0 Å². The van der Waals surface area contributed by atoms with Crippen LogP contribution in [0.2, 0.25) is 0 Å². The van der Waals surface area contributed by atoms with Gasteiger partial charge in [0.15, 0.2) is 0 Å². The van der Waals surface area contributed by atoms with E-state index in [4.69, 9.17) is 0 Å². The maximum Gasteiger partial charge on any atom is 0.130 e. The number of halogens is 2. The highest BCUT2D eigenvalue weighted by molar-refractivity contribution is 5.21. The van der Waals surface area contributed by atoms with Crippen LogP contribution < -0.4 is 5.32 Å². The van der Waals surface area contributed by atoms with Crippen molar-refractivity contribution < 1.29 is 8.78 Å². The lowest BCUT2D eigenvalue weighted by atomic mass is 10.1. The zero-order chi connectivity index (χ0) is 11.4. The van der Waals surface area contributed by atoms with E-state index in [0.717, 1.165) is 12.5 Å². The van der Waals surface area contributed by atoms with Crippen molar-refractivity contribution in [3.8, 4) is 0 Å². The molecule has 1 aromatic carbocycles. The van der Waals surface area contributed by atoms with E-state index in [1.807, 2.05) is 13.8 Å². The molecule has 0 aliphatic heterocycles. The van der Waals surface area contributed by atoms with E-state index in [0.29, 0.717) is 11.6 Å². The standard InChI is InChI=1S/C12H17F2N/c1-4-8(2)15-9(3)11-6-5-10(13)7-12(11)14/h5-9,15H,4H2,1-3H3. The topological polar surface area (TPSA) is 12.0 Å². The predicted octanol–water partition coefficient (Wildman–Crippen LogP) is 3.41. The van der Waals surface area contributed by atoms with Gasteiger partial charge in [-0.25, -0.2) is 8.78 Å². The van der Waals surface area contributed by atoms with E-state index in [9.17, 15) is 8.78 Å². The molecule has 0 spiro atoms. The van der Waals surface area contributed by atoms with E-state index >= 15 is 0 Å². The Labute approximate surface area is 89.5 Å². The molecule has 0 saturated heterocycles. The molecular formula is C12H17F2N. The monoisotopic (exact) mass is 213 g/mol. The summed E-state index contributed by atoms with van der Waals surface area (Å²) in [5.41, 5.74) is 0.511. The lowest BCUT2D eigenvalue weighted by molar-refractivity contribution is 0.452. The van der Waals surface area contributed by atoms with Gasteiger partial charge < -0.3 is 5.32 Å². The first-order valence-corrected chi connectivity index (χ1v) is 5.25. The second-order valence-corrected chi connectivity index (χ2v) is 3.86. The van der Waals surface area contributed by atoms with Gasteiger partial charge in [-0.1, -0.05) is 13.0 Å². The SMILES string of the molecule is CCC(C)NC(C)c1ccc(F)cc1F. The summed E-state index contributed by atoms with van der Waals surface area (Å²) in [5.74, 6) is -1.02. The van der Waals surface area contributed by atoms with Crippen molar-refractivity contribution >= 4 is 0 Å². The summed E-state index contributed by atoms with van der Waals surface area (Å²) in [7, 11) is 0. The van der Waals surface area contributed by atoms with Gasteiger partial charge in [0.25, 0.3) is 0 Å². The number of hydrogen-bond donors (Lipinski definition) is 1. The van der Waals surface area contributed by atoms with Gasteiger partial charge in [-0.05, 0) is 26.3 Å². The Morgan fingerprint density at radius 3 is 2.47 bits per heavy atom. The van der Waals surface area contributed by atoms with Crippen molar-refractivity contribution in [2.24, 2.45) is 0 Å². The Kier molecular flexibility index (Phi) is 4.21. The lowest BCUT2D eigenvalue weighted by Crippen LogP contribution is -2.28. The Morgan fingerprint density at radius 2 is 1.93 bits per heavy atom. The van der Waals surface area contributed by atoms with Gasteiger partial charge in [-0.3, -0.25) is 0 Å². The zero-order valence-electron chi connectivity index (χ0n) is 9.35. The Balaban J connectivity index is 2.77. The molecule has 0 aliphatic rings. The molecule has 0 amide bonds. The van der Waals surface area contributed by atoms with Crippen molar-refractivity contribution in [1.82, 2.24) is 5.32 Å². The molecule has 0 heterocycles. The molecule has 1 nitrogen and oxygen atoms in total. The third-order valence-corrected chi connectivity index (χ3v) is 2.58. The molecule has 1 rings (SSSR count). The molecule has 3 heteroatoms. The maximum atomic E-state index is 13.4. The summed E-state index contributed by atoms with van der Waals surface area (Å²) >= 11 is 0. The minimum Gasteiger partial charge on any atom is -0.308 e. The highest BCUT2D eigenvalue weighted by atomic mass is 19.1. The van der Waals surface area contributed by atoms with Crippen molar-refractivity contribution in [1.29, 1.82) is 0 Å². The van der Waals surface area contributed by atoms with Crippen LogP contribution in [0.4, 0.5) is 8.78 Å². The number of benzene rings is 1. The zero-order valence-corrected chi connectivity index (χ0v) is 9.35. The predicted molar refractivity (Wildman–Crippen MR) is 57.7 cm³/mol. The smallest absolute Gasteiger partial charge is 0.130 e. The van der Waals surface area contributed by atoms with Crippen molar-refractivity contribution in [3.05, 3.63) is 35.4 Å². The molecule has 84 valence electrons. The van der Waals surface area contributed by atoms with Crippen LogP contribution in [0.5, 0.6) is 0 Å². The summed E-state index contributed by atoms with van der Waals surface area (Å²) in [4.78, 5) is 0. The molecule has 0 radical (unpaired) electrons. The fourth-order valence-electron chi connectivity index (χ4n) is 1.49. The van der Waals surface area contributed by atoms with Gasteiger partial charge in [-0.2, -0.15) is 0 Å². The molecule has 0 aromatic heterocycles. The molecule has 2 atom stereocenters. The largest absolute Gasteiger partial charge is 0.308 e. The number of hydrogen-bond acceptors (Lipinski definition) is 1. The van der Waals surface area contributed by atoms with Crippen molar-refractivity contribution in [3.63, 3.8) is 0 Å². The molecule has 15 heavy (non-hydrogen) atoms. The molecule has 0 fully saturated rings. The maximum absolute atomic E-state index is 13.4. The third-order valence-electron chi connectivity index (χ3n) is 2.58. The normalized spacial score (nSPS) is 15.0. The minimum atomic E-state index is -0.535. The van der Waals surface area contributed by atoms with Gasteiger partial charge in [0, 0.05) is 23.7 Å². The van der Waals surface area contributed by atoms with Crippen LogP contribution in [0, 0.1) is 11.6 Å². The van der Waals surface area contributed by atoms with Crippen LogP contribution >= 0.6 is 0 Å². The summed E-state index contributed by atoms with van der Waals surface area (Å²) < 4.78 is 26.1. The van der Waals surface area contributed by atoms with Gasteiger partial charge in [0.05, 0.1) is 0 Å². The number of rotatable bonds is 4. The van der Waals surface area contributed by atoms with Gasteiger partial charge in [0.1, 0.15) is 11.6 Å². The number of nitrogens with one attached hydrogen (secondary N) is 1. The minimum absolute atomic E-state index is 0.0967. The summed E-state index contributed by atoms with van der Waals surface area (Å²) in [5, 5.41) is 3.24. The Morgan fingerprint density at radius 1 is 1.27 bits per heavy atom. The fourth-order valence-corrected chi connectivity index (χ4v) is 1.49. The van der Waals surface area contributed by atoms with Gasteiger partial charge in [0.2, 0.25) is 0 Å². The lowest BCUT2D eigenvalue weighted by Gasteiger charge is -2.19. The summed E-state index contributed by atoms with van der Waals surface area (Å²) in [6.45, 7) is 5.98. The van der Waals surface area contributed by atoms with E-state index < -0.39 is 11.6 Å². The van der Waals surface area contributed by atoms with E-state index in [2.05, 4.69) is 12.2 Å². The van der Waals surface area contributed by atoms with Gasteiger partial charge >= 0.3 is 0 Å². The van der Waals surface area contributed by atoms with E-state index in [1.165, 1.54) is 12.1 Å². The quantitative estimate of drug-likeness (QED) is 0.808. The molecule has 0 saturated carbocycles. The van der Waals surface area contributed by atoms with Crippen LogP contribution in [0.3, 0.4) is 0 Å². The van der Waals surface area contributed by atoms with Crippen LogP contribution in [0.15, 0.2) is 18.2 Å². The first-order chi connectivity index (χ1) is 7.04. The van der Waals surface area contributed by atoms with Crippen LogP contribution in [0.25, 0.3) is 0 Å². The van der Waals surface area contributed by atoms with Crippen molar-refractivity contribution in [2.75, 3.05) is 0 Å². The van der Waals surface area contributed by atoms with Crippen molar-refractivity contribution in [2.45, 2.75) is 39.3 Å². The molecule has 2 unspecified atom stereocenters. The molecule has 1 aromatic rings. The highest BCUT2D eigenvalue weighted by Gasteiger charge is 2.12. The third kappa shape index (κ3) is 3.27. The fraction of sp³-hybridized carbons (Fsp3) is 0.500.